The van der Waals surface area contributed by atoms with E-state index in [2.05, 4.69) is 23.5 Å². The second kappa shape index (κ2) is 16.0. The molecule has 1 N–H and O–H groups in total. The third-order valence-corrected chi connectivity index (χ3v) is 3.52. The van der Waals surface area contributed by atoms with Crippen molar-refractivity contribution in [2.75, 3.05) is 0 Å². The summed E-state index contributed by atoms with van der Waals surface area (Å²) in [6.07, 6.45) is -0.305. The number of hydrogen-bond acceptors (Lipinski definition) is 12. The van der Waals surface area contributed by atoms with Crippen LogP contribution in [0.5, 0.6) is 0 Å². The van der Waals surface area contributed by atoms with Crippen LogP contribution in [-0.4, -0.2) is 56.4 Å². The second-order valence-corrected chi connectivity index (χ2v) is 5.58. The molecule has 2 heterocycles. The van der Waals surface area contributed by atoms with Gasteiger partial charge in [0.25, 0.3) is 23.6 Å². The topological polar surface area (TPSA) is 191 Å². The summed E-state index contributed by atoms with van der Waals surface area (Å²) in [5.41, 5.74) is 0. The molecule has 1 atom stereocenters. The zero-order chi connectivity index (χ0) is 19.3. The number of hydroxylamine groups is 4. The molecule has 0 radical (unpaired) electrons. The molecular weight excluding hydrogens is 771 g/mol. The summed E-state index contributed by atoms with van der Waals surface area (Å²) in [6.45, 7) is 5.64. The molecule has 13 nitrogen and oxygen atoms in total. The minimum absolute atomic E-state index is 0. The van der Waals surface area contributed by atoms with Gasteiger partial charge in [0.1, 0.15) is 0 Å². The summed E-state index contributed by atoms with van der Waals surface area (Å²) < 4.78 is 20.9. The Kier molecular flexibility index (Phi) is 19.7. The van der Waals surface area contributed by atoms with E-state index in [1.54, 1.807) is 0 Å². The molecule has 29 heavy (non-hydrogen) atoms. The van der Waals surface area contributed by atoms with Crippen molar-refractivity contribution in [3.8, 4) is 0 Å². The third kappa shape index (κ3) is 10.7. The van der Waals surface area contributed by atoms with Gasteiger partial charge in [-0.2, -0.15) is 0 Å². The molecule has 2 aliphatic rings. The van der Waals surface area contributed by atoms with Crippen LogP contribution in [0.25, 0.3) is 0 Å². The van der Waals surface area contributed by atoms with E-state index in [9.17, 15) is 37.2 Å². The van der Waals surface area contributed by atoms with Gasteiger partial charge in [0.2, 0.25) is 11.9 Å². The van der Waals surface area contributed by atoms with E-state index in [4.69, 9.17) is 0 Å². The predicted octanol–water partition coefficient (Wildman–Crippen LogP) is -5.03. The SMILES string of the molecule is [CH2-]C(=O)ON1C(=O)CC([S-](=O)=O)C1=O.[CH2-]C(=O)ON1C(=O)CCC1=O.[Na+].[OH-].[W].[W]. The molecule has 17 heteroatoms. The standard InChI is InChI=1S/C6H5NO6S.C6H6NO4.Na.H2O.2W/c1-3(8)13-7-5(9)2-4(6(7)10)14(11)12;1-4(8)11-7-5(9)2-3-6(7)10;;;;/h4H,1-2H2;1-3H2;;1H2;;/q-2;-1;+1;;;/p-1. The summed E-state index contributed by atoms with van der Waals surface area (Å²) >= 11 is 0. The van der Waals surface area contributed by atoms with Gasteiger partial charge in [0, 0.05) is 66.6 Å². The van der Waals surface area contributed by atoms with Crippen molar-refractivity contribution in [3.63, 3.8) is 0 Å². The Morgan fingerprint density at radius 2 is 1.24 bits per heavy atom. The van der Waals surface area contributed by atoms with Crippen molar-refractivity contribution >= 4 is 46.3 Å². The van der Waals surface area contributed by atoms with Crippen molar-refractivity contribution in [1.82, 2.24) is 10.1 Å². The Labute approximate surface area is 217 Å². The zero-order valence-electron chi connectivity index (χ0n) is 14.8. The number of hydrogen-bond donors (Lipinski definition) is 0. The molecule has 0 aromatic heterocycles. The summed E-state index contributed by atoms with van der Waals surface area (Å²) in [4.78, 5) is 72.4. The fourth-order valence-corrected chi connectivity index (χ4v) is 2.23. The van der Waals surface area contributed by atoms with E-state index < -0.39 is 57.9 Å². The Morgan fingerprint density at radius 1 is 0.862 bits per heavy atom. The van der Waals surface area contributed by atoms with Crippen molar-refractivity contribution in [3.05, 3.63) is 13.8 Å². The van der Waals surface area contributed by atoms with Gasteiger partial charge < -0.3 is 23.6 Å². The number of carbonyl (C=O) groups excluding carboxylic acids is 6. The molecule has 2 rings (SSSR count). The number of rotatable bonds is 3. The number of imide groups is 2. The molecular formula is C12H12N2NaO11SW2-3. The van der Waals surface area contributed by atoms with Crippen LogP contribution in [0.4, 0.5) is 0 Å². The third-order valence-electron chi connectivity index (χ3n) is 2.69. The van der Waals surface area contributed by atoms with Gasteiger partial charge in [0.05, 0.1) is 0 Å². The maximum absolute atomic E-state index is 11.1. The van der Waals surface area contributed by atoms with Crippen LogP contribution in [0.15, 0.2) is 0 Å². The molecule has 2 fully saturated rings. The van der Waals surface area contributed by atoms with Crippen LogP contribution in [0, 0.1) is 13.8 Å². The predicted molar refractivity (Wildman–Crippen MR) is 74.9 cm³/mol. The van der Waals surface area contributed by atoms with Crippen molar-refractivity contribution < 1.29 is 124 Å². The molecule has 0 bridgehead atoms. The van der Waals surface area contributed by atoms with Crippen molar-refractivity contribution in [2.45, 2.75) is 24.5 Å². The quantitative estimate of drug-likeness (QED) is 0.115. The average Bonchev–Trinajstić information content (AvgIpc) is 2.95. The average molecular weight is 783 g/mol. The minimum atomic E-state index is -2.70. The maximum atomic E-state index is 11.1. The van der Waals surface area contributed by atoms with E-state index in [1.165, 1.54) is 0 Å². The number of amides is 4. The second-order valence-electron chi connectivity index (χ2n) is 4.49. The van der Waals surface area contributed by atoms with Gasteiger partial charge >= 0.3 is 29.6 Å². The first kappa shape index (κ1) is 35.7. The summed E-state index contributed by atoms with van der Waals surface area (Å²) in [5, 5.41) is -0.896. The van der Waals surface area contributed by atoms with Gasteiger partial charge in [-0.3, -0.25) is 42.6 Å². The van der Waals surface area contributed by atoms with Crippen molar-refractivity contribution in [1.29, 1.82) is 0 Å². The Hall–Kier alpha value is -0.753. The Balaban J connectivity index is -0.000000193. The monoisotopic (exact) mass is 783 g/mol. The first-order valence-electron chi connectivity index (χ1n) is 6.43. The molecule has 4 amide bonds. The van der Waals surface area contributed by atoms with E-state index in [0.29, 0.717) is 5.06 Å². The maximum Gasteiger partial charge on any atom is 1.00 e. The van der Waals surface area contributed by atoms with E-state index in [0.717, 1.165) is 0 Å². The van der Waals surface area contributed by atoms with Crippen LogP contribution in [0.3, 0.4) is 0 Å². The fraction of sp³-hybridized carbons (Fsp3) is 0.333. The summed E-state index contributed by atoms with van der Waals surface area (Å²) in [7, 11) is -2.70. The molecule has 2 aliphatic heterocycles. The first-order valence-corrected chi connectivity index (χ1v) is 7.56. The number of carbonyl (C=O) groups is 6. The molecule has 0 aromatic rings. The van der Waals surface area contributed by atoms with Gasteiger partial charge in [-0.1, -0.05) is 10.7 Å². The molecule has 158 valence electrons. The summed E-state index contributed by atoms with van der Waals surface area (Å²) in [5.74, 6) is -4.95. The molecule has 0 saturated carbocycles. The van der Waals surface area contributed by atoms with Crippen LogP contribution in [0.1, 0.15) is 19.3 Å². The minimum Gasteiger partial charge on any atom is -0.870 e. The molecule has 2 saturated heterocycles. The van der Waals surface area contributed by atoms with Gasteiger partial charge in [-0.25, -0.2) is 0 Å². The van der Waals surface area contributed by atoms with Crippen LogP contribution < -0.4 is 29.6 Å². The Morgan fingerprint density at radius 3 is 1.55 bits per heavy atom. The fourth-order valence-electron chi connectivity index (χ4n) is 1.69. The van der Waals surface area contributed by atoms with Gasteiger partial charge in [-0.15, -0.1) is 10.1 Å². The van der Waals surface area contributed by atoms with Gasteiger partial charge in [0.15, 0.2) is 0 Å². The van der Waals surface area contributed by atoms with E-state index in [1.807, 2.05) is 0 Å². The van der Waals surface area contributed by atoms with Crippen LogP contribution in [0.2, 0.25) is 0 Å². The molecule has 0 aliphatic carbocycles. The largest absolute Gasteiger partial charge is 1.00 e. The zero-order valence-corrected chi connectivity index (χ0v) is 23.4. The summed E-state index contributed by atoms with van der Waals surface area (Å²) in [6, 6.07) is 0. The van der Waals surface area contributed by atoms with Crippen LogP contribution in [-0.2, 0) is 99.7 Å². The molecule has 1 unspecified atom stereocenters. The van der Waals surface area contributed by atoms with Gasteiger partial charge in [-0.05, 0) is 0 Å². The van der Waals surface area contributed by atoms with E-state index in [-0.39, 0.29) is 95.1 Å². The first-order chi connectivity index (χ1) is 11.5. The Bertz CT molecular complexity index is 707. The molecule has 0 aromatic carbocycles. The number of nitrogens with zero attached hydrogens (tertiary/aromatic N) is 2. The smallest absolute Gasteiger partial charge is 0.870 e. The molecule has 0 spiro atoms. The normalized spacial score (nSPS) is 17.1. The van der Waals surface area contributed by atoms with E-state index >= 15 is 0 Å². The van der Waals surface area contributed by atoms with Crippen LogP contribution >= 0.6 is 0 Å². The van der Waals surface area contributed by atoms with Crippen molar-refractivity contribution in [2.24, 2.45) is 0 Å².